The zero-order valence-corrected chi connectivity index (χ0v) is 9.53. The van der Waals surface area contributed by atoms with E-state index in [2.05, 4.69) is 11.6 Å². The van der Waals surface area contributed by atoms with Gasteiger partial charge in [0.15, 0.2) is 0 Å². The lowest BCUT2D eigenvalue weighted by molar-refractivity contribution is 0.157. The number of aliphatic hydroxyl groups excluding tert-OH is 1. The lowest BCUT2D eigenvalue weighted by Gasteiger charge is -2.19. The van der Waals surface area contributed by atoms with E-state index in [1.54, 1.807) is 12.3 Å². The molecule has 0 spiro atoms. The van der Waals surface area contributed by atoms with Gasteiger partial charge in [-0.15, -0.1) is 6.58 Å². The first-order chi connectivity index (χ1) is 8.33. The molecule has 2 rings (SSSR count). The lowest BCUT2D eigenvalue weighted by Crippen LogP contribution is -2.10. The van der Waals surface area contributed by atoms with Gasteiger partial charge in [-0.05, 0) is 17.7 Å². The molecular weight excluding hydrogens is 210 g/mol. The minimum atomic E-state index is -0.656. The van der Waals surface area contributed by atoms with Crippen molar-refractivity contribution in [1.82, 2.24) is 4.98 Å². The van der Waals surface area contributed by atoms with Crippen LogP contribution in [-0.4, -0.2) is 10.1 Å². The van der Waals surface area contributed by atoms with Crippen LogP contribution in [0.5, 0.6) is 0 Å². The fraction of sp³-hybridized carbons (Fsp3) is 0.133. The third-order valence-electron chi connectivity index (χ3n) is 2.77. The molecule has 2 aromatic rings. The van der Waals surface area contributed by atoms with Gasteiger partial charge in [0.25, 0.3) is 0 Å². The molecule has 1 heterocycles. The zero-order valence-electron chi connectivity index (χ0n) is 9.53. The van der Waals surface area contributed by atoms with Gasteiger partial charge in [0.2, 0.25) is 0 Å². The molecule has 0 radical (unpaired) electrons. The number of pyridine rings is 1. The van der Waals surface area contributed by atoms with E-state index >= 15 is 0 Å². The Balaban J connectivity index is 2.28. The minimum absolute atomic E-state index is 0.133. The summed E-state index contributed by atoms with van der Waals surface area (Å²) < 4.78 is 0. The van der Waals surface area contributed by atoms with Crippen molar-refractivity contribution in [1.29, 1.82) is 0 Å². The van der Waals surface area contributed by atoms with Gasteiger partial charge in [0, 0.05) is 12.1 Å². The molecule has 0 fully saturated rings. The minimum Gasteiger partial charge on any atom is -0.386 e. The van der Waals surface area contributed by atoms with E-state index in [0.717, 1.165) is 5.56 Å². The van der Waals surface area contributed by atoms with E-state index < -0.39 is 6.10 Å². The van der Waals surface area contributed by atoms with Gasteiger partial charge < -0.3 is 5.11 Å². The quantitative estimate of drug-likeness (QED) is 0.811. The average molecular weight is 225 g/mol. The van der Waals surface area contributed by atoms with Crippen molar-refractivity contribution in [2.24, 2.45) is 0 Å². The highest BCUT2D eigenvalue weighted by molar-refractivity contribution is 5.27. The van der Waals surface area contributed by atoms with E-state index in [0.29, 0.717) is 5.69 Å². The summed E-state index contributed by atoms with van der Waals surface area (Å²) in [5.41, 5.74) is 1.71. The summed E-state index contributed by atoms with van der Waals surface area (Å²) in [6.07, 6.45) is 2.79. The highest BCUT2D eigenvalue weighted by atomic mass is 16.3. The third kappa shape index (κ3) is 2.60. The van der Waals surface area contributed by atoms with Gasteiger partial charge in [-0.1, -0.05) is 42.5 Å². The normalized spacial score (nSPS) is 13.9. The number of aromatic nitrogens is 1. The average Bonchev–Trinajstić information content (AvgIpc) is 2.42. The van der Waals surface area contributed by atoms with Crippen LogP contribution in [0.3, 0.4) is 0 Å². The van der Waals surface area contributed by atoms with Crippen LogP contribution in [0.25, 0.3) is 0 Å². The van der Waals surface area contributed by atoms with E-state index in [9.17, 15) is 5.11 Å². The standard InChI is InChI=1S/C15H15NO/c1-2-13(12-8-4-3-5-9-12)15(17)14-10-6-7-11-16-14/h2-11,13,15,17H,1H2/t13-,15+/m1/s1. The molecule has 2 atom stereocenters. The number of hydrogen-bond donors (Lipinski definition) is 1. The monoisotopic (exact) mass is 225 g/mol. The number of hydrogen-bond acceptors (Lipinski definition) is 2. The topological polar surface area (TPSA) is 33.1 Å². The van der Waals surface area contributed by atoms with Crippen molar-refractivity contribution in [2.75, 3.05) is 0 Å². The van der Waals surface area contributed by atoms with E-state index in [1.807, 2.05) is 48.5 Å². The Morgan fingerprint density at radius 1 is 1.06 bits per heavy atom. The van der Waals surface area contributed by atoms with Gasteiger partial charge >= 0.3 is 0 Å². The molecule has 0 saturated carbocycles. The molecule has 1 aromatic heterocycles. The Morgan fingerprint density at radius 2 is 1.76 bits per heavy atom. The molecule has 0 aliphatic rings. The van der Waals surface area contributed by atoms with Crippen molar-refractivity contribution >= 4 is 0 Å². The van der Waals surface area contributed by atoms with E-state index in [-0.39, 0.29) is 5.92 Å². The molecule has 2 heteroatoms. The molecule has 2 nitrogen and oxygen atoms in total. The SMILES string of the molecule is C=C[C@H](c1ccccc1)[C@H](O)c1ccccn1. The number of benzene rings is 1. The van der Waals surface area contributed by atoms with Crippen LogP contribution in [0, 0.1) is 0 Å². The molecule has 1 N–H and O–H groups in total. The number of rotatable bonds is 4. The first-order valence-corrected chi connectivity index (χ1v) is 5.59. The van der Waals surface area contributed by atoms with Crippen LogP contribution >= 0.6 is 0 Å². The van der Waals surface area contributed by atoms with Crippen LogP contribution in [0.2, 0.25) is 0 Å². The van der Waals surface area contributed by atoms with Crippen molar-refractivity contribution < 1.29 is 5.11 Å². The van der Waals surface area contributed by atoms with Gasteiger partial charge in [0.05, 0.1) is 5.69 Å². The van der Waals surface area contributed by atoms with Crippen LogP contribution in [0.1, 0.15) is 23.3 Å². The zero-order chi connectivity index (χ0) is 12.1. The summed E-state index contributed by atoms with van der Waals surface area (Å²) in [5, 5.41) is 10.3. The Hall–Kier alpha value is -1.93. The maximum atomic E-state index is 10.3. The van der Waals surface area contributed by atoms with Crippen LogP contribution in [0.4, 0.5) is 0 Å². The Labute approximate surface area is 101 Å². The highest BCUT2D eigenvalue weighted by Gasteiger charge is 2.20. The predicted octanol–water partition coefficient (Wildman–Crippen LogP) is 3.08. The molecule has 0 aliphatic carbocycles. The van der Waals surface area contributed by atoms with Crippen LogP contribution in [-0.2, 0) is 0 Å². The number of nitrogens with zero attached hydrogens (tertiary/aromatic N) is 1. The second-order valence-electron chi connectivity index (χ2n) is 3.87. The van der Waals surface area contributed by atoms with Gasteiger partial charge in [-0.2, -0.15) is 0 Å². The van der Waals surface area contributed by atoms with Crippen molar-refractivity contribution in [3.05, 3.63) is 78.6 Å². The second kappa shape index (κ2) is 5.41. The Kier molecular flexibility index (Phi) is 3.68. The summed E-state index contributed by atoms with van der Waals surface area (Å²) in [7, 11) is 0. The fourth-order valence-corrected chi connectivity index (χ4v) is 1.86. The Bertz CT molecular complexity index is 467. The second-order valence-corrected chi connectivity index (χ2v) is 3.87. The third-order valence-corrected chi connectivity index (χ3v) is 2.77. The molecule has 0 amide bonds. The molecular formula is C15H15NO. The van der Waals surface area contributed by atoms with Gasteiger partial charge in [0.1, 0.15) is 6.10 Å². The number of aliphatic hydroxyl groups is 1. The first kappa shape index (κ1) is 11.6. The lowest BCUT2D eigenvalue weighted by atomic mass is 9.91. The van der Waals surface area contributed by atoms with Crippen molar-refractivity contribution in [2.45, 2.75) is 12.0 Å². The summed E-state index contributed by atoms with van der Waals surface area (Å²) in [5.74, 6) is -0.133. The molecule has 0 aliphatic heterocycles. The maximum Gasteiger partial charge on any atom is 0.106 e. The van der Waals surface area contributed by atoms with Crippen molar-refractivity contribution in [3.63, 3.8) is 0 Å². The Morgan fingerprint density at radius 3 is 2.35 bits per heavy atom. The molecule has 1 aromatic carbocycles. The summed E-state index contributed by atoms with van der Waals surface area (Å²) >= 11 is 0. The molecule has 0 bridgehead atoms. The molecule has 86 valence electrons. The largest absolute Gasteiger partial charge is 0.386 e. The first-order valence-electron chi connectivity index (χ1n) is 5.59. The summed E-state index contributed by atoms with van der Waals surface area (Å²) in [4.78, 5) is 4.18. The summed E-state index contributed by atoms with van der Waals surface area (Å²) in [6.45, 7) is 3.80. The van der Waals surface area contributed by atoms with E-state index in [4.69, 9.17) is 0 Å². The molecule has 17 heavy (non-hydrogen) atoms. The van der Waals surface area contributed by atoms with Crippen LogP contribution in [0.15, 0.2) is 67.4 Å². The van der Waals surface area contributed by atoms with Crippen molar-refractivity contribution in [3.8, 4) is 0 Å². The maximum absolute atomic E-state index is 10.3. The fourth-order valence-electron chi connectivity index (χ4n) is 1.86. The molecule has 0 unspecified atom stereocenters. The van der Waals surface area contributed by atoms with Crippen LogP contribution < -0.4 is 0 Å². The predicted molar refractivity (Wildman–Crippen MR) is 68.6 cm³/mol. The van der Waals surface area contributed by atoms with E-state index in [1.165, 1.54) is 0 Å². The highest BCUT2D eigenvalue weighted by Crippen LogP contribution is 2.30. The summed E-state index contributed by atoms with van der Waals surface area (Å²) in [6, 6.07) is 15.4. The molecule has 0 saturated heterocycles. The van der Waals surface area contributed by atoms with Gasteiger partial charge in [-0.3, -0.25) is 4.98 Å². The smallest absolute Gasteiger partial charge is 0.106 e. The van der Waals surface area contributed by atoms with Gasteiger partial charge in [-0.25, -0.2) is 0 Å².